The lowest BCUT2D eigenvalue weighted by molar-refractivity contribution is -0.172. The summed E-state index contributed by atoms with van der Waals surface area (Å²) in [7, 11) is 3.15. The van der Waals surface area contributed by atoms with Crippen molar-refractivity contribution in [3.05, 3.63) is 91.2 Å². The maximum atomic E-state index is 13.6. The van der Waals surface area contributed by atoms with E-state index in [0.717, 1.165) is 22.9 Å². The van der Waals surface area contributed by atoms with Crippen LogP contribution in [0.1, 0.15) is 66.8 Å². The van der Waals surface area contributed by atoms with Crippen molar-refractivity contribution in [1.82, 2.24) is 20.2 Å². The Kier molecular flexibility index (Phi) is 14.5. The average Bonchev–Trinajstić information content (AvgIpc) is 3.59. The van der Waals surface area contributed by atoms with E-state index in [1.807, 2.05) is 24.3 Å². The van der Waals surface area contributed by atoms with Crippen LogP contribution in [0.2, 0.25) is 0 Å². The summed E-state index contributed by atoms with van der Waals surface area (Å²) in [6, 6.07) is 14.1. The van der Waals surface area contributed by atoms with Crippen LogP contribution in [0.25, 0.3) is 22.3 Å². The molecule has 4 aromatic rings. The molecule has 2 amide bonds. The number of aromatic hydroxyl groups is 1. The number of ether oxygens (including phenoxy) is 1. The molecule has 0 saturated carbocycles. The Hall–Kier alpha value is -4.91. The van der Waals surface area contributed by atoms with Crippen molar-refractivity contribution in [2.45, 2.75) is 64.2 Å². The summed E-state index contributed by atoms with van der Waals surface area (Å²) in [5.41, 5.74) is 2.29. The fraction of sp³-hybridized carbons (Fsp3) is 0.375. The maximum absolute atomic E-state index is 13.6. The minimum atomic E-state index is -1.91. The molecule has 306 valence electrons. The topological polar surface area (TPSA) is 214 Å². The molecule has 15 nitrogen and oxygen atoms in total. The first kappa shape index (κ1) is 42.7. The molecular formula is C40H43BrN6O9S2. The number of para-hydroxylation sites is 1. The van der Waals surface area contributed by atoms with Crippen LogP contribution < -0.4 is 16.2 Å². The van der Waals surface area contributed by atoms with E-state index in [-0.39, 0.29) is 60.0 Å². The highest BCUT2D eigenvalue weighted by Gasteiger charge is 2.45. The summed E-state index contributed by atoms with van der Waals surface area (Å²) < 4.78 is 7.27. The van der Waals surface area contributed by atoms with E-state index in [4.69, 9.17) is 14.6 Å². The van der Waals surface area contributed by atoms with Gasteiger partial charge in [0.15, 0.2) is 5.60 Å². The van der Waals surface area contributed by atoms with E-state index >= 15 is 0 Å². The highest BCUT2D eigenvalue weighted by atomic mass is 79.9. The van der Waals surface area contributed by atoms with Crippen molar-refractivity contribution in [1.29, 1.82) is 0 Å². The van der Waals surface area contributed by atoms with Gasteiger partial charge in [-0.25, -0.2) is 9.78 Å². The van der Waals surface area contributed by atoms with Crippen LogP contribution in [0.3, 0.4) is 0 Å². The van der Waals surface area contributed by atoms with Gasteiger partial charge in [-0.15, -0.1) is 0 Å². The molecule has 2 aromatic carbocycles. The quantitative estimate of drug-likeness (QED) is 0.0182. The van der Waals surface area contributed by atoms with Gasteiger partial charge in [-0.1, -0.05) is 63.1 Å². The van der Waals surface area contributed by atoms with Gasteiger partial charge < -0.3 is 40.2 Å². The molecule has 2 aliphatic rings. The van der Waals surface area contributed by atoms with Crippen LogP contribution in [-0.4, -0.2) is 85.9 Å². The summed E-state index contributed by atoms with van der Waals surface area (Å²) in [5.74, 6) is 0.146. The van der Waals surface area contributed by atoms with Crippen LogP contribution in [0.4, 0.5) is 0 Å². The molecule has 5 N–H and O–H groups in total. The minimum absolute atomic E-state index is 0.0221. The number of oxime groups is 2. The monoisotopic (exact) mass is 894 g/mol. The molecule has 0 aliphatic carbocycles. The van der Waals surface area contributed by atoms with Crippen LogP contribution >= 0.6 is 37.5 Å². The smallest absolute Gasteiger partial charge is 0.343 e. The molecule has 2 aromatic heterocycles. The van der Waals surface area contributed by atoms with E-state index in [1.165, 1.54) is 6.07 Å². The van der Waals surface area contributed by atoms with Crippen molar-refractivity contribution in [2.75, 3.05) is 31.2 Å². The number of hydrogen-bond acceptors (Lipinski definition) is 14. The van der Waals surface area contributed by atoms with E-state index in [1.54, 1.807) is 57.5 Å². The number of nitrogens with one attached hydrogen (secondary N) is 2. The number of phenolic OH excluding ortho intramolecular Hbond substituents is 1. The van der Waals surface area contributed by atoms with E-state index in [0.29, 0.717) is 77.4 Å². The molecule has 0 radical (unpaired) electrons. The number of cyclic esters (lactones) is 1. The van der Waals surface area contributed by atoms with Gasteiger partial charge >= 0.3 is 5.97 Å². The molecule has 0 fully saturated rings. The second-order valence-electron chi connectivity index (χ2n) is 13.6. The van der Waals surface area contributed by atoms with Gasteiger partial charge in [-0.2, -0.15) is 0 Å². The highest BCUT2D eigenvalue weighted by molar-refractivity contribution is 9.10. The fourth-order valence-corrected chi connectivity index (χ4v) is 8.98. The Morgan fingerprint density at radius 3 is 2.60 bits per heavy atom. The second-order valence-corrected chi connectivity index (χ2v) is 17.2. The number of benzene rings is 2. The summed E-state index contributed by atoms with van der Waals surface area (Å²) in [4.78, 5) is 61.4. The van der Waals surface area contributed by atoms with Crippen LogP contribution in [0, 0.1) is 0 Å². The third kappa shape index (κ3) is 9.68. The Labute approximate surface area is 350 Å². The number of esters is 1. The predicted octanol–water partition coefficient (Wildman–Crippen LogP) is 5.15. The highest BCUT2D eigenvalue weighted by Crippen LogP contribution is 2.40. The zero-order valence-electron chi connectivity index (χ0n) is 31.7. The number of nitrogens with zero attached hydrogens (tertiary/aromatic N) is 4. The van der Waals surface area contributed by atoms with Gasteiger partial charge in [0, 0.05) is 59.5 Å². The number of rotatable bonds is 19. The largest absolute Gasteiger partial charge is 0.507 e. The average molecular weight is 896 g/mol. The Bertz CT molecular complexity index is 2320. The Balaban J connectivity index is 0.884. The normalized spacial score (nSPS) is 15.8. The molecule has 0 spiro atoms. The first-order chi connectivity index (χ1) is 28.0. The number of unbranched alkanes of at least 4 members (excludes halogenated alkanes) is 2. The van der Waals surface area contributed by atoms with Crippen LogP contribution in [-0.2, 0) is 49.1 Å². The molecule has 6 rings (SSSR count). The molecule has 2 aliphatic heterocycles. The predicted molar refractivity (Wildman–Crippen MR) is 226 cm³/mol. The zero-order valence-corrected chi connectivity index (χ0v) is 34.9. The maximum Gasteiger partial charge on any atom is 0.343 e. The molecule has 1 unspecified atom stereocenters. The number of carbonyl (C=O) groups excluding carboxylic acids is 3. The molecule has 4 heterocycles. The number of aliphatic hydroxyl groups is 1. The SMILES string of the molecule is CCC1(O)C(=O)OCc2c1cc1n(c2=O)Cc2c-1nc1ccccc1c2C=NOCCCCCC(=O)NCCSSCCNC(=O)C(Cc1ccc(O)c(Br)c1)=NO. The third-order valence-corrected chi connectivity index (χ3v) is 12.9. The minimum Gasteiger partial charge on any atom is -0.507 e. The summed E-state index contributed by atoms with van der Waals surface area (Å²) in [6.45, 7) is 2.97. The first-order valence-electron chi connectivity index (χ1n) is 18.8. The lowest BCUT2D eigenvalue weighted by atomic mass is 9.86. The van der Waals surface area contributed by atoms with Crippen molar-refractivity contribution in [2.24, 2.45) is 10.3 Å². The molecular weight excluding hydrogens is 853 g/mol. The number of aromatic nitrogens is 2. The van der Waals surface area contributed by atoms with Gasteiger partial charge in [0.25, 0.3) is 11.5 Å². The van der Waals surface area contributed by atoms with E-state index < -0.39 is 17.5 Å². The van der Waals surface area contributed by atoms with E-state index in [9.17, 15) is 34.6 Å². The van der Waals surface area contributed by atoms with E-state index in [2.05, 4.69) is 36.9 Å². The lowest BCUT2D eigenvalue weighted by Crippen LogP contribution is -2.44. The fourth-order valence-electron chi connectivity index (χ4n) is 6.74. The second kappa shape index (κ2) is 19.7. The number of pyridine rings is 2. The Morgan fingerprint density at radius 2 is 1.84 bits per heavy atom. The first-order valence-corrected chi connectivity index (χ1v) is 22.1. The molecule has 1 atom stereocenters. The van der Waals surface area contributed by atoms with Gasteiger partial charge in [0.1, 0.15) is 24.7 Å². The van der Waals surface area contributed by atoms with Gasteiger partial charge in [-0.05, 0) is 71.4 Å². The number of amides is 2. The number of hydrogen-bond donors (Lipinski definition) is 5. The summed E-state index contributed by atoms with van der Waals surface area (Å²) >= 11 is 3.23. The van der Waals surface area contributed by atoms with Crippen molar-refractivity contribution < 1.29 is 39.4 Å². The van der Waals surface area contributed by atoms with Crippen LogP contribution in [0.15, 0.2) is 68.1 Å². The summed E-state index contributed by atoms with van der Waals surface area (Å²) in [6.07, 6.45) is 4.39. The third-order valence-electron chi connectivity index (χ3n) is 9.86. The number of halogens is 1. The van der Waals surface area contributed by atoms with Gasteiger partial charge in [0.2, 0.25) is 5.91 Å². The van der Waals surface area contributed by atoms with Crippen LogP contribution in [0.5, 0.6) is 5.75 Å². The lowest BCUT2D eigenvalue weighted by Gasteiger charge is -2.31. The van der Waals surface area contributed by atoms with Gasteiger partial charge in [0.05, 0.1) is 39.7 Å². The van der Waals surface area contributed by atoms with Crippen molar-refractivity contribution in [3.8, 4) is 17.1 Å². The molecule has 58 heavy (non-hydrogen) atoms. The Morgan fingerprint density at radius 1 is 1.07 bits per heavy atom. The molecule has 0 saturated heterocycles. The molecule has 0 bridgehead atoms. The van der Waals surface area contributed by atoms with Gasteiger partial charge in [-0.3, -0.25) is 14.4 Å². The number of fused-ring (bicyclic) bond motifs is 5. The summed E-state index contributed by atoms with van der Waals surface area (Å²) in [5, 5.41) is 44.0. The number of carbonyl (C=O) groups is 3. The van der Waals surface area contributed by atoms with Crippen molar-refractivity contribution in [3.63, 3.8) is 0 Å². The standard InChI is InChI=1S/C40H43BrN6O9S2/c1-2-40(53)29-20-33-36-27(22-47(33)38(51)28(29)23-55-39(40)52)26(25-8-5-6-9-31(25)45-36)21-44-56-15-7-3-4-10-35(49)42-13-16-57-58-17-14-43-37(50)32(46-54)19-24-11-12-34(48)30(41)18-24/h5-6,8-9,11-12,18,20-21,48,53-54H,2-4,7,10,13-17,19,22-23H2,1H3,(H,42,49)(H,43,50). The van der Waals surface area contributed by atoms with Crippen molar-refractivity contribution >= 4 is 78.1 Å². The molecule has 18 heteroatoms. The number of phenols is 1. The zero-order chi connectivity index (χ0) is 41.2.